The zero-order valence-electron chi connectivity index (χ0n) is 10.6. The third-order valence-corrected chi connectivity index (χ3v) is 3.30. The molecule has 0 spiro atoms. The lowest BCUT2D eigenvalue weighted by molar-refractivity contribution is -0.137. The molecule has 1 heterocycles. The van der Waals surface area contributed by atoms with Crippen molar-refractivity contribution in [3.05, 3.63) is 21.9 Å². The van der Waals surface area contributed by atoms with Gasteiger partial charge in [-0.25, -0.2) is 0 Å². The van der Waals surface area contributed by atoms with Crippen LogP contribution in [-0.2, 0) is 6.54 Å². The lowest BCUT2D eigenvalue weighted by Crippen LogP contribution is -2.24. The fourth-order valence-corrected chi connectivity index (χ4v) is 2.34. The van der Waals surface area contributed by atoms with Crippen molar-refractivity contribution in [3.63, 3.8) is 0 Å². The molecule has 0 aliphatic rings. The lowest BCUT2D eigenvalue weighted by atomic mass is 10.2. The summed E-state index contributed by atoms with van der Waals surface area (Å²) in [6.07, 6.45) is -4.52. The maximum absolute atomic E-state index is 12.1. The first-order valence-electron chi connectivity index (χ1n) is 5.84. The summed E-state index contributed by atoms with van der Waals surface area (Å²) in [6, 6.07) is 1.85. The van der Waals surface area contributed by atoms with Gasteiger partial charge >= 0.3 is 6.18 Å². The molecule has 6 heteroatoms. The zero-order chi connectivity index (χ0) is 14.3. The summed E-state index contributed by atoms with van der Waals surface area (Å²) in [5, 5.41) is 10.5. The largest absolute Gasteiger partial charge is 0.395 e. The van der Waals surface area contributed by atoms with Crippen LogP contribution in [0.4, 0.5) is 13.2 Å². The number of nitrogens with zero attached hydrogens (tertiary/aromatic N) is 1. The number of halogens is 3. The Balaban J connectivity index is 2.53. The second-order valence-electron chi connectivity index (χ2n) is 4.14. The predicted octanol–water partition coefficient (Wildman–Crippen LogP) is 2.87. The van der Waals surface area contributed by atoms with Gasteiger partial charge in [0.05, 0.1) is 13.0 Å². The molecule has 0 fully saturated rings. The molecule has 1 rings (SSSR count). The van der Waals surface area contributed by atoms with E-state index in [1.807, 2.05) is 11.4 Å². The Kier molecular flexibility index (Phi) is 6.35. The summed E-state index contributed by atoms with van der Waals surface area (Å²) in [7, 11) is 1.66. The smallest absolute Gasteiger partial charge is 0.390 e. The van der Waals surface area contributed by atoms with Crippen molar-refractivity contribution < 1.29 is 18.3 Å². The van der Waals surface area contributed by atoms with Crippen LogP contribution in [0.5, 0.6) is 0 Å². The fraction of sp³-hybridized carbons (Fsp3) is 0.538. The van der Waals surface area contributed by atoms with Gasteiger partial charge in [-0.1, -0.05) is 11.8 Å². The second kappa shape index (κ2) is 7.53. The van der Waals surface area contributed by atoms with E-state index in [2.05, 4.69) is 11.8 Å². The van der Waals surface area contributed by atoms with Gasteiger partial charge in [0.15, 0.2) is 0 Å². The molecule has 106 valence electrons. The Morgan fingerprint density at radius 2 is 2.16 bits per heavy atom. The van der Waals surface area contributed by atoms with E-state index in [1.165, 1.54) is 11.3 Å². The van der Waals surface area contributed by atoms with Crippen molar-refractivity contribution in [2.24, 2.45) is 0 Å². The quantitative estimate of drug-likeness (QED) is 0.843. The van der Waals surface area contributed by atoms with Gasteiger partial charge in [-0.05, 0) is 18.5 Å². The number of hydrogen-bond donors (Lipinski definition) is 1. The van der Waals surface area contributed by atoms with E-state index < -0.39 is 12.6 Å². The number of aliphatic hydroxyl groups is 1. The van der Waals surface area contributed by atoms with E-state index in [0.717, 1.165) is 10.4 Å². The highest BCUT2D eigenvalue weighted by atomic mass is 32.1. The van der Waals surface area contributed by atoms with Gasteiger partial charge in [0, 0.05) is 30.0 Å². The van der Waals surface area contributed by atoms with Gasteiger partial charge in [0.1, 0.15) is 0 Å². The SMILES string of the molecule is CN(CCC(F)(F)F)Cc1sccc1C#CCCO. The molecule has 2 nitrogen and oxygen atoms in total. The summed E-state index contributed by atoms with van der Waals surface area (Å²) in [5.74, 6) is 5.74. The molecule has 0 unspecified atom stereocenters. The minimum Gasteiger partial charge on any atom is -0.395 e. The summed E-state index contributed by atoms with van der Waals surface area (Å²) < 4.78 is 36.3. The van der Waals surface area contributed by atoms with Crippen molar-refractivity contribution in [2.45, 2.75) is 25.6 Å². The van der Waals surface area contributed by atoms with Crippen LogP contribution in [0.25, 0.3) is 0 Å². The van der Waals surface area contributed by atoms with Gasteiger partial charge in [-0.2, -0.15) is 13.2 Å². The van der Waals surface area contributed by atoms with Gasteiger partial charge < -0.3 is 10.0 Å². The zero-order valence-corrected chi connectivity index (χ0v) is 11.4. The molecular formula is C13H16F3NOS. The fourth-order valence-electron chi connectivity index (χ4n) is 1.43. The number of hydrogen-bond acceptors (Lipinski definition) is 3. The molecule has 1 aromatic heterocycles. The first-order valence-corrected chi connectivity index (χ1v) is 6.71. The average molecular weight is 291 g/mol. The van der Waals surface area contributed by atoms with Crippen LogP contribution >= 0.6 is 11.3 Å². The van der Waals surface area contributed by atoms with Crippen molar-refractivity contribution in [2.75, 3.05) is 20.2 Å². The Labute approximate surface area is 114 Å². The highest BCUT2D eigenvalue weighted by Gasteiger charge is 2.27. The van der Waals surface area contributed by atoms with Crippen LogP contribution in [0.1, 0.15) is 23.3 Å². The van der Waals surface area contributed by atoms with Crippen LogP contribution in [-0.4, -0.2) is 36.4 Å². The van der Waals surface area contributed by atoms with Gasteiger partial charge in [0.2, 0.25) is 0 Å². The lowest BCUT2D eigenvalue weighted by Gasteiger charge is -2.17. The van der Waals surface area contributed by atoms with Gasteiger partial charge in [-0.3, -0.25) is 0 Å². The van der Waals surface area contributed by atoms with E-state index in [0.29, 0.717) is 13.0 Å². The normalized spacial score (nSPS) is 11.5. The molecule has 0 saturated carbocycles. The van der Waals surface area contributed by atoms with E-state index in [9.17, 15) is 13.2 Å². The van der Waals surface area contributed by atoms with Crippen LogP contribution < -0.4 is 0 Å². The van der Waals surface area contributed by atoms with Crippen molar-refractivity contribution in [1.82, 2.24) is 4.90 Å². The summed E-state index contributed by atoms with van der Waals surface area (Å²) in [5.41, 5.74) is 0.831. The molecule has 1 aromatic rings. The number of rotatable bonds is 5. The summed E-state index contributed by atoms with van der Waals surface area (Å²) in [6.45, 7) is 0.444. The highest BCUT2D eigenvalue weighted by Crippen LogP contribution is 2.21. The molecular weight excluding hydrogens is 275 g/mol. The van der Waals surface area contributed by atoms with Crippen LogP contribution in [0.3, 0.4) is 0 Å². The monoisotopic (exact) mass is 291 g/mol. The molecule has 0 atom stereocenters. The first kappa shape index (κ1) is 16.0. The van der Waals surface area contributed by atoms with Crippen LogP contribution in [0.2, 0.25) is 0 Å². The van der Waals surface area contributed by atoms with Crippen molar-refractivity contribution >= 4 is 11.3 Å². The molecule has 19 heavy (non-hydrogen) atoms. The molecule has 0 amide bonds. The Bertz CT molecular complexity index is 445. The van der Waals surface area contributed by atoms with E-state index >= 15 is 0 Å². The van der Waals surface area contributed by atoms with Gasteiger partial charge in [0.25, 0.3) is 0 Å². The predicted molar refractivity (Wildman–Crippen MR) is 69.9 cm³/mol. The van der Waals surface area contributed by atoms with E-state index in [1.54, 1.807) is 11.9 Å². The molecule has 0 aliphatic carbocycles. The summed E-state index contributed by atoms with van der Waals surface area (Å²) >= 11 is 1.48. The average Bonchev–Trinajstić information content (AvgIpc) is 2.74. The molecule has 0 radical (unpaired) electrons. The second-order valence-corrected chi connectivity index (χ2v) is 5.14. The molecule has 0 aliphatic heterocycles. The topological polar surface area (TPSA) is 23.5 Å². The van der Waals surface area contributed by atoms with Crippen molar-refractivity contribution in [1.29, 1.82) is 0 Å². The van der Waals surface area contributed by atoms with Crippen molar-refractivity contribution in [3.8, 4) is 11.8 Å². The van der Waals surface area contributed by atoms with Crippen LogP contribution in [0, 0.1) is 11.8 Å². The number of aliphatic hydroxyl groups excluding tert-OH is 1. The Hall–Kier alpha value is -1.03. The Morgan fingerprint density at radius 1 is 1.42 bits per heavy atom. The molecule has 0 aromatic carbocycles. The maximum atomic E-state index is 12.1. The van der Waals surface area contributed by atoms with Gasteiger partial charge in [-0.15, -0.1) is 11.3 Å². The standard InChI is InChI=1S/C13H16F3NOS/c1-17(7-6-13(14,15)16)10-12-11(5-9-19-12)4-2-3-8-18/h5,9,18H,3,6-8,10H2,1H3. The minimum absolute atomic E-state index is 0.0119. The summed E-state index contributed by atoms with van der Waals surface area (Å²) in [4.78, 5) is 2.59. The highest BCUT2D eigenvalue weighted by molar-refractivity contribution is 7.10. The van der Waals surface area contributed by atoms with E-state index in [-0.39, 0.29) is 13.2 Å². The molecule has 1 N–H and O–H groups in total. The Morgan fingerprint density at radius 3 is 2.79 bits per heavy atom. The van der Waals surface area contributed by atoms with Crippen LogP contribution in [0.15, 0.2) is 11.4 Å². The number of thiophene rings is 1. The third kappa shape index (κ3) is 6.62. The number of alkyl halides is 3. The minimum atomic E-state index is -4.12. The molecule has 0 saturated heterocycles. The third-order valence-electron chi connectivity index (χ3n) is 2.40. The first-order chi connectivity index (χ1) is 8.92. The maximum Gasteiger partial charge on any atom is 0.390 e. The van der Waals surface area contributed by atoms with E-state index in [4.69, 9.17) is 5.11 Å². The molecule has 0 bridgehead atoms.